The highest BCUT2D eigenvalue weighted by molar-refractivity contribution is 5.87. The molecule has 0 radical (unpaired) electrons. The molecule has 9 atom stereocenters. The summed E-state index contributed by atoms with van der Waals surface area (Å²) in [5.74, 6) is -3.06. The van der Waals surface area contributed by atoms with Crippen LogP contribution >= 0.6 is 0 Å². The Kier molecular flexibility index (Phi) is 3.58. The average Bonchev–Trinajstić information content (AvgIpc) is 3.05. The number of aliphatic hydroxyl groups excluding tert-OH is 1. The number of rotatable bonds is 2. The van der Waals surface area contributed by atoms with Gasteiger partial charge in [-0.05, 0) is 38.8 Å². The minimum Gasteiger partial charge on any atom is -0.469 e. The molecule has 29 heavy (non-hydrogen) atoms. The molecule has 1 unspecified atom stereocenters. The Balaban J connectivity index is 1.76. The van der Waals surface area contributed by atoms with Crippen molar-refractivity contribution in [1.82, 2.24) is 0 Å². The van der Waals surface area contributed by atoms with Crippen LogP contribution in [-0.2, 0) is 28.6 Å². The van der Waals surface area contributed by atoms with E-state index in [1.54, 1.807) is 13.0 Å². The Bertz CT molecular complexity index is 890. The van der Waals surface area contributed by atoms with E-state index >= 15 is 0 Å². The molecule has 7 nitrogen and oxygen atoms in total. The van der Waals surface area contributed by atoms with Crippen molar-refractivity contribution >= 4 is 17.9 Å². The van der Waals surface area contributed by atoms with Gasteiger partial charge in [0.2, 0.25) is 0 Å². The number of ether oxygens (including phenoxy) is 3. The van der Waals surface area contributed by atoms with E-state index in [2.05, 4.69) is 0 Å². The Morgan fingerprint density at radius 1 is 1.31 bits per heavy atom. The van der Waals surface area contributed by atoms with Crippen LogP contribution in [0, 0.1) is 34.5 Å². The van der Waals surface area contributed by atoms with E-state index < -0.39 is 58.4 Å². The molecule has 3 fully saturated rings. The fourth-order valence-electron chi connectivity index (χ4n) is 7.48. The molecule has 0 aromatic rings. The largest absolute Gasteiger partial charge is 0.469 e. The van der Waals surface area contributed by atoms with Gasteiger partial charge < -0.3 is 19.3 Å². The third-order valence-corrected chi connectivity index (χ3v) is 8.45. The smallest absolute Gasteiger partial charge is 0.317 e. The number of carbonyl (C=O) groups excluding carboxylic acids is 3. The van der Waals surface area contributed by atoms with Gasteiger partial charge in [0.25, 0.3) is 0 Å². The zero-order valence-corrected chi connectivity index (χ0v) is 17.0. The zero-order valence-electron chi connectivity index (χ0n) is 17.0. The van der Waals surface area contributed by atoms with Gasteiger partial charge in [-0.25, -0.2) is 0 Å². The molecule has 2 saturated carbocycles. The first kappa shape index (κ1) is 18.9. The van der Waals surface area contributed by atoms with Gasteiger partial charge in [-0.1, -0.05) is 11.6 Å². The Morgan fingerprint density at radius 3 is 2.69 bits per heavy atom. The van der Waals surface area contributed by atoms with Crippen LogP contribution in [0.15, 0.2) is 23.8 Å². The molecular weight excluding hydrogens is 376 g/mol. The maximum atomic E-state index is 13.2. The van der Waals surface area contributed by atoms with Gasteiger partial charge in [0.05, 0.1) is 19.1 Å². The third-order valence-electron chi connectivity index (χ3n) is 8.45. The quantitative estimate of drug-likeness (QED) is 0.425. The van der Waals surface area contributed by atoms with Crippen LogP contribution in [0.25, 0.3) is 0 Å². The number of esters is 3. The van der Waals surface area contributed by atoms with Gasteiger partial charge in [-0.3, -0.25) is 14.4 Å². The molecule has 1 heterocycles. The van der Waals surface area contributed by atoms with E-state index in [9.17, 15) is 19.5 Å². The molecule has 1 saturated heterocycles. The number of aliphatic hydroxyl groups is 1. The first-order valence-electron chi connectivity index (χ1n) is 10.2. The summed E-state index contributed by atoms with van der Waals surface area (Å²) in [6.45, 7) is 4.99. The van der Waals surface area contributed by atoms with Gasteiger partial charge in [-0.2, -0.15) is 0 Å². The molecule has 5 rings (SSSR count). The standard InChI is InChI=1S/C22H26O7/c1-10-9-21-13(6-5-12(10)17(21)24)22-8-7-14(28-11(2)23)20(3,19(26)29-22)16(22)15(21)18(25)27-4/h7-9,12-17,24H,5-6H2,1-4H3/t12-,13+,14-,15+,16+,17?,20+,21-,22+/m0/s1. The minimum absolute atomic E-state index is 0.00904. The van der Waals surface area contributed by atoms with Crippen molar-refractivity contribution in [1.29, 1.82) is 0 Å². The summed E-state index contributed by atoms with van der Waals surface area (Å²) >= 11 is 0. The van der Waals surface area contributed by atoms with Crippen LogP contribution < -0.4 is 0 Å². The molecule has 5 aliphatic rings. The van der Waals surface area contributed by atoms with E-state index in [0.717, 1.165) is 18.4 Å². The Morgan fingerprint density at radius 2 is 2.03 bits per heavy atom. The molecule has 4 bridgehead atoms. The lowest BCUT2D eigenvalue weighted by Gasteiger charge is -2.46. The Hall–Kier alpha value is -2.15. The maximum absolute atomic E-state index is 13.2. The summed E-state index contributed by atoms with van der Waals surface area (Å²) in [4.78, 5) is 38.1. The number of methoxy groups -OCH3 is 1. The second-order valence-corrected chi connectivity index (χ2v) is 9.46. The summed E-state index contributed by atoms with van der Waals surface area (Å²) in [7, 11) is 1.33. The van der Waals surface area contributed by atoms with Crippen molar-refractivity contribution in [3.63, 3.8) is 0 Å². The lowest BCUT2D eigenvalue weighted by Crippen LogP contribution is -2.53. The maximum Gasteiger partial charge on any atom is 0.317 e. The summed E-state index contributed by atoms with van der Waals surface area (Å²) in [5.41, 5.74) is -2.04. The third kappa shape index (κ3) is 1.86. The summed E-state index contributed by atoms with van der Waals surface area (Å²) in [6, 6.07) is 0. The van der Waals surface area contributed by atoms with Gasteiger partial charge in [0.1, 0.15) is 17.1 Å². The second kappa shape index (κ2) is 5.50. The first-order chi connectivity index (χ1) is 13.6. The van der Waals surface area contributed by atoms with Gasteiger partial charge in [-0.15, -0.1) is 0 Å². The fraction of sp³-hybridized carbons (Fsp3) is 0.682. The minimum atomic E-state index is -1.23. The first-order valence-corrected chi connectivity index (χ1v) is 10.2. The molecule has 7 heteroatoms. The number of hydrogen-bond donors (Lipinski definition) is 1. The monoisotopic (exact) mass is 402 g/mol. The van der Waals surface area contributed by atoms with Crippen molar-refractivity contribution in [2.75, 3.05) is 7.11 Å². The van der Waals surface area contributed by atoms with Gasteiger partial charge in [0.15, 0.2) is 0 Å². The second-order valence-electron chi connectivity index (χ2n) is 9.46. The molecule has 1 spiro atoms. The van der Waals surface area contributed by atoms with Crippen LogP contribution in [0.1, 0.15) is 33.6 Å². The highest BCUT2D eigenvalue weighted by atomic mass is 16.6. The molecule has 0 amide bonds. The molecule has 1 aliphatic heterocycles. The van der Waals surface area contributed by atoms with Gasteiger partial charge >= 0.3 is 17.9 Å². The van der Waals surface area contributed by atoms with Crippen molar-refractivity contribution < 1.29 is 33.7 Å². The number of carbonyl (C=O) groups is 3. The van der Waals surface area contributed by atoms with Crippen LogP contribution in [0.4, 0.5) is 0 Å². The van der Waals surface area contributed by atoms with Crippen LogP contribution in [0.2, 0.25) is 0 Å². The predicted molar refractivity (Wildman–Crippen MR) is 99.0 cm³/mol. The van der Waals surface area contributed by atoms with Crippen molar-refractivity contribution in [3.8, 4) is 0 Å². The highest BCUT2D eigenvalue weighted by Gasteiger charge is 2.84. The zero-order chi connectivity index (χ0) is 20.9. The predicted octanol–water partition coefficient (Wildman–Crippen LogP) is 1.54. The molecular formula is C22H26O7. The van der Waals surface area contributed by atoms with Crippen LogP contribution in [-0.4, -0.2) is 47.9 Å². The fourth-order valence-corrected chi connectivity index (χ4v) is 7.48. The lowest BCUT2D eigenvalue weighted by atomic mass is 9.60. The van der Waals surface area contributed by atoms with E-state index in [1.807, 2.05) is 19.1 Å². The normalized spacial score (nSPS) is 51.1. The van der Waals surface area contributed by atoms with Crippen LogP contribution in [0.3, 0.4) is 0 Å². The summed E-state index contributed by atoms with van der Waals surface area (Å²) in [5, 5.41) is 11.4. The van der Waals surface area contributed by atoms with E-state index in [0.29, 0.717) is 0 Å². The summed E-state index contributed by atoms with van der Waals surface area (Å²) in [6.07, 6.45) is 5.49. The van der Waals surface area contributed by atoms with Crippen molar-refractivity contribution in [2.45, 2.75) is 51.4 Å². The molecule has 4 aliphatic carbocycles. The van der Waals surface area contributed by atoms with Crippen molar-refractivity contribution in [3.05, 3.63) is 23.8 Å². The SMILES string of the molecule is COC(=O)[C@H]1[C@H]2[C@@]3(C=C[C@H](OC(C)=O)[C@@]2(C)C(=O)O3)[C@@H]2CC[C@H]3C(C)=C[C@@]12C3O. The highest BCUT2D eigenvalue weighted by Crippen LogP contribution is 2.75. The molecule has 0 aromatic carbocycles. The van der Waals surface area contributed by atoms with E-state index in [-0.39, 0.29) is 11.8 Å². The molecule has 156 valence electrons. The van der Waals surface area contributed by atoms with E-state index in [1.165, 1.54) is 14.0 Å². The lowest BCUT2D eigenvalue weighted by molar-refractivity contribution is -0.170. The molecule has 1 N–H and O–H groups in total. The number of fused-ring (bicyclic) bond motifs is 1. The van der Waals surface area contributed by atoms with E-state index in [4.69, 9.17) is 14.2 Å². The molecule has 0 aromatic heterocycles. The number of hydrogen-bond acceptors (Lipinski definition) is 7. The summed E-state index contributed by atoms with van der Waals surface area (Å²) < 4.78 is 16.8. The van der Waals surface area contributed by atoms with Crippen LogP contribution in [0.5, 0.6) is 0 Å². The topological polar surface area (TPSA) is 99.1 Å². The van der Waals surface area contributed by atoms with Gasteiger partial charge in [0, 0.05) is 30.1 Å². The Labute approximate surface area is 169 Å². The van der Waals surface area contributed by atoms with Crippen molar-refractivity contribution in [2.24, 2.45) is 34.5 Å². The average molecular weight is 402 g/mol.